The number of hydrogen-bond acceptors (Lipinski definition) is 1. The summed E-state index contributed by atoms with van der Waals surface area (Å²) in [5.41, 5.74) is 5.78. The van der Waals surface area contributed by atoms with E-state index in [1.165, 1.54) is 35.1 Å². The molecule has 1 N–H and O–H groups in total. The summed E-state index contributed by atoms with van der Waals surface area (Å²) in [5.74, 6) is 1.16. The van der Waals surface area contributed by atoms with E-state index >= 15 is 0 Å². The van der Waals surface area contributed by atoms with Gasteiger partial charge in [0.2, 0.25) is 0 Å². The molecule has 2 aliphatic carbocycles. The molecule has 0 radical (unpaired) electrons. The fourth-order valence-electron chi connectivity index (χ4n) is 4.00. The normalized spacial score (nSPS) is 26.0. The summed E-state index contributed by atoms with van der Waals surface area (Å²) in [4.78, 5) is 0. The van der Waals surface area contributed by atoms with Gasteiger partial charge in [0.15, 0.2) is 0 Å². The molecule has 21 heavy (non-hydrogen) atoms. The highest BCUT2D eigenvalue weighted by Gasteiger charge is 2.54. The first-order chi connectivity index (χ1) is 10.2. The number of aryl methyl sites for hydroxylation is 3. The van der Waals surface area contributed by atoms with Gasteiger partial charge in [-0.25, -0.2) is 0 Å². The van der Waals surface area contributed by atoms with E-state index in [2.05, 4.69) is 43.3 Å². The van der Waals surface area contributed by atoms with Gasteiger partial charge in [0.25, 0.3) is 0 Å². The fraction of sp³-hybridized carbons (Fsp3) is 0.400. The van der Waals surface area contributed by atoms with Gasteiger partial charge in [-0.3, -0.25) is 0 Å². The van der Waals surface area contributed by atoms with Crippen molar-refractivity contribution in [2.24, 2.45) is 5.41 Å². The molecular weight excluding hydrogens is 256 g/mol. The fourth-order valence-corrected chi connectivity index (χ4v) is 4.00. The molecular formula is C20H22O. The molecule has 0 spiro atoms. The number of benzene rings is 2. The maximum absolute atomic E-state index is 10.4. The minimum atomic E-state index is 0.482. The Labute approximate surface area is 126 Å². The Bertz CT molecular complexity index is 674. The molecule has 0 aliphatic heterocycles. The van der Waals surface area contributed by atoms with E-state index in [1.807, 2.05) is 6.07 Å². The zero-order valence-corrected chi connectivity index (χ0v) is 12.6. The van der Waals surface area contributed by atoms with Crippen LogP contribution in [0.1, 0.15) is 47.9 Å². The minimum absolute atomic E-state index is 0.482. The number of aromatic hydroxyl groups is 1. The predicted molar refractivity (Wildman–Crippen MR) is 85.7 cm³/mol. The summed E-state index contributed by atoms with van der Waals surface area (Å²) in [5, 5.41) is 10.4. The molecule has 0 bridgehead atoms. The second-order valence-corrected chi connectivity index (χ2v) is 7.08. The van der Waals surface area contributed by atoms with Crippen molar-refractivity contribution in [3.8, 4) is 5.75 Å². The maximum atomic E-state index is 10.4. The van der Waals surface area contributed by atoms with Gasteiger partial charge in [0.05, 0.1) is 0 Å². The first-order valence-electron chi connectivity index (χ1n) is 8.04. The predicted octanol–water partition coefficient (Wildman–Crippen LogP) is 4.62. The number of hydrogen-bond donors (Lipinski definition) is 1. The van der Waals surface area contributed by atoms with Crippen LogP contribution in [0.15, 0.2) is 42.5 Å². The van der Waals surface area contributed by atoms with E-state index in [1.54, 1.807) is 0 Å². The van der Waals surface area contributed by atoms with Gasteiger partial charge < -0.3 is 5.11 Å². The molecule has 1 saturated carbocycles. The van der Waals surface area contributed by atoms with Gasteiger partial charge in [-0.15, -0.1) is 0 Å². The summed E-state index contributed by atoms with van der Waals surface area (Å²) in [6, 6.07) is 14.9. The molecule has 2 atom stereocenters. The molecule has 1 fully saturated rings. The van der Waals surface area contributed by atoms with Gasteiger partial charge in [0.1, 0.15) is 5.75 Å². The molecule has 2 unspecified atom stereocenters. The van der Waals surface area contributed by atoms with Crippen molar-refractivity contribution in [3.05, 3.63) is 64.7 Å². The van der Waals surface area contributed by atoms with Crippen LogP contribution in [-0.4, -0.2) is 5.11 Å². The van der Waals surface area contributed by atoms with E-state index < -0.39 is 0 Å². The van der Waals surface area contributed by atoms with Gasteiger partial charge in [-0.1, -0.05) is 43.3 Å². The second-order valence-electron chi connectivity index (χ2n) is 7.08. The van der Waals surface area contributed by atoms with Crippen LogP contribution in [0.4, 0.5) is 0 Å². The highest BCUT2D eigenvalue weighted by Crippen LogP contribution is 2.66. The lowest BCUT2D eigenvalue weighted by molar-refractivity contribution is 0.437. The molecule has 108 valence electrons. The molecule has 1 nitrogen and oxygen atoms in total. The minimum Gasteiger partial charge on any atom is -0.508 e. The molecule has 4 rings (SSSR count). The largest absolute Gasteiger partial charge is 0.508 e. The van der Waals surface area contributed by atoms with Crippen LogP contribution in [0, 0.1) is 5.41 Å². The van der Waals surface area contributed by atoms with Crippen molar-refractivity contribution in [3.63, 3.8) is 0 Å². The summed E-state index contributed by atoms with van der Waals surface area (Å²) in [6.45, 7) is 2.36. The van der Waals surface area contributed by atoms with Crippen LogP contribution in [0.25, 0.3) is 0 Å². The Morgan fingerprint density at radius 2 is 1.86 bits per heavy atom. The third kappa shape index (κ3) is 2.25. The van der Waals surface area contributed by atoms with Crippen molar-refractivity contribution in [2.75, 3.05) is 0 Å². The quantitative estimate of drug-likeness (QED) is 0.868. The molecule has 2 aliphatic rings. The first kappa shape index (κ1) is 12.9. The zero-order valence-electron chi connectivity index (χ0n) is 12.6. The van der Waals surface area contributed by atoms with Gasteiger partial charge >= 0.3 is 0 Å². The monoisotopic (exact) mass is 278 g/mol. The molecule has 0 heterocycles. The van der Waals surface area contributed by atoms with Crippen molar-refractivity contribution in [1.29, 1.82) is 0 Å². The highest BCUT2D eigenvalue weighted by molar-refractivity contribution is 5.51. The Morgan fingerprint density at radius 1 is 1.10 bits per heavy atom. The standard InChI is InChI=1S/C20H22O/c1-20-10-9-16-11-15(8-7-14-5-3-2-4-6-14)12-18(21)19(16)17(20)13-20/h2-6,11-12,17,21H,7-10,13H2,1H3. The Kier molecular flexibility index (Phi) is 2.85. The smallest absolute Gasteiger partial charge is 0.119 e. The van der Waals surface area contributed by atoms with Gasteiger partial charge in [-0.2, -0.15) is 0 Å². The molecule has 2 aromatic carbocycles. The third-order valence-corrected chi connectivity index (χ3v) is 5.51. The first-order valence-corrected chi connectivity index (χ1v) is 8.04. The number of rotatable bonds is 3. The second kappa shape index (κ2) is 4.62. The van der Waals surface area contributed by atoms with Crippen molar-refractivity contribution < 1.29 is 5.11 Å². The lowest BCUT2D eigenvalue weighted by atomic mass is 9.83. The Hall–Kier alpha value is -1.76. The summed E-state index contributed by atoms with van der Waals surface area (Å²) in [6.07, 6.45) is 5.73. The topological polar surface area (TPSA) is 20.2 Å². The molecule has 1 heteroatoms. The maximum Gasteiger partial charge on any atom is 0.119 e. The zero-order chi connectivity index (χ0) is 14.4. The Balaban J connectivity index is 1.57. The SMILES string of the molecule is CC12CCc3cc(CCc4ccccc4)cc(O)c3C1C2. The van der Waals surface area contributed by atoms with Crippen LogP contribution >= 0.6 is 0 Å². The lowest BCUT2D eigenvalue weighted by Crippen LogP contribution is -2.10. The van der Waals surface area contributed by atoms with Gasteiger partial charge in [-0.05, 0) is 66.2 Å². The van der Waals surface area contributed by atoms with E-state index in [4.69, 9.17) is 0 Å². The van der Waals surface area contributed by atoms with Crippen LogP contribution in [-0.2, 0) is 19.3 Å². The highest BCUT2D eigenvalue weighted by atomic mass is 16.3. The van der Waals surface area contributed by atoms with E-state index in [-0.39, 0.29) is 0 Å². The van der Waals surface area contributed by atoms with Crippen molar-refractivity contribution in [2.45, 2.75) is 44.9 Å². The van der Waals surface area contributed by atoms with Crippen LogP contribution in [0.2, 0.25) is 0 Å². The molecule has 0 saturated heterocycles. The van der Waals surface area contributed by atoms with E-state index in [0.717, 1.165) is 19.3 Å². The van der Waals surface area contributed by atoms with Crippen LogP contribution < -0.4 is 0 Å². The Morgan fingerprint density at radius 3 is 2.67 bits per heavy atom. The van der Waals surface area contributed by atoms with E-state index in [0.29, 0.717) is 17.1 Å². The lowest BCUT2D eigenvalue weighted by Gasteiger charge is -2.22. The third-order valence-electron chi connectivity index (χ3n) is 5.51. The van der Waals surface area contributed by atoms with Crippen molar-refractivity contribution in [1.82, 2.24) is 0 Å². The molecule has 0 aromatic heterocycles. The average Bonchev–Trinajstić information content (AvgIpc) is 3.18. The number of fused-ring (bicyclic) bond motifs is 3. The average molecular weight is 278 g/mol. The number of phenols is 1. The van der Waals surface area contributed by atoms with Crippen LogP contribution in [0.5, 0.6) is 5.75 Å². The molecule has 0 amide bonds. The number of phenolic OH excluding ortho intramolecular Hbond substituents is 1. The van der Waals surface area contributed by atoms with E-state index in [9.17, 15) is 5.11 Å². The summed E-state index contributed by atoms with van der Waals surface area (Å²) >= 11 is 0. The summed E-state index contributed by atoms with van der Waals surface area (Å²) < 4.78 is 0. The van der Waals surface area contributed by atoms with Gasteiger partial charge in [0, 0.05) is 5.56 Å². The molecule has 2 aromatic rings. The summed E-state index contributed by atoms with van der Waals surface area (Å²) in [7, 11) is 0. The van der Waals surface area contributed by atoms with Crippen LogP contribution in [0.3, 0.4) is 0 Å². The van der Waals surface area contributed by atoms with Crippen molar-refractivity contribution >= 4 is 0 Å².